The summed E-state index contributed by atoms with van der Waals surface area (Å²) in [6.45, 7) is 3.82. The van der Waals surface area contributed by atoms with Crippen LogP contribution in [0.2, 0.25) is 5.02 Å². The quantitative estimate of drug-likeness (QED) is 0.703. The number of benzene rings is 1. The summed E-state index contributed by atoms with van der Waals surface area (Å²) in [4.78, 5) is 25.2. The van der Waals surface area contributed by atoms with Gasteiger partial charge >= 0.3 is 0 Å². The number of hydrogen-bond acceptors (Lipinski definition) is 6. The van der Waals surface area contributed by atoms with E-state index in [1.165, 1.54) is 11.3 Å². The van der Waals surface area contributed by atoms with Gasteiger partial charge in [-0.15, -0.1) is 11.3 Å². The van der Waals surface area contributed by atoms with Gasteiger partial charge in [0, 0.05) is 27.5 Å². The summed E-state index contributed by atoms with van der Waals surface area (Å²) < 4.78 is 0. The molecule has 0 aliphatic heterocycles. The Balaban J connectivity index is 1.62. The molecule has 2 heterocycles. The summed E-state index contributed by atoms with van der Waals surface area (Å²) in [5, 5.41) is 8.93. The van der Waals surface area contributed by atoms with Gasteiger partial charge in [0.05, 0.1) is 12.1 Å². The van der Waals surface area contributed by atoms with Crippen molar-refractivity contribution in [3.63, 3.8) is 0 Å². The number of nitrogens with one attached hydrogen (secondary N) is 2. The fraction of sp³-hybridized carbons (Fsp3) is 0.176. The third-order valence-corrected chi connectivity index (χ3v) is 4.24. The first-order valence-electron chi connectivity index (χ1n) is 7.57. The second-order valence-electron chi connectivity index (χ2n) is 5.48. The third kappa shape index (κ3) is 4.98. The van der Waals surface area contributed by atoms with E-state index in [0.717, 1.165) is 11.4 Å². The number of halogens is 1. The largest absolute Gasteiger partial charge is 0.326 e. The van der Waals surface area contributed by atoms with Crippen LogP contribution in [0.3, 0.4) is 0 Å². The highest BCUT2D eigenvalue weighted by Gasteiger charge is 2.10. The minimum Gasteiger partial charge on any atom is -0.326 e. The smallest absolute Gasteiger partial charge is 0.230 e. The van der Waals surface area contributed by atoms with Crippen molar-refractivity contribution in [3.8, 4) is 0 Å². The number of thiazole rings is 1. The van der Waals surface area contributed by atoms with Gasteiger partial charge in [0.2, 0.25) is 11.9 Å². The van der Waals surface area contributed by atoms with Crippen molar-refractivity contribution in [2.24, 2.45) is 0 Å². The Hall–Kier alpha value is -2.51. The van der Waals surface area contributed by atoms with Crippen LogP contribution in [0.25, 0.3) is 0 Å². The Bertz CT molecular complexity index is 891. The predicted molar refractivity (Wildman–Crippen MR) is 101 cm³/mol. The highest BCUT2D eigenvalue weighted by Crippen LogP contribution is 2.20. The second-order valence-corrected chi connectivity index (χ2v) is 6.77. The Kier molecular flexibility index (Phi) is 5.25. The van der Waals surface area contributed by atoms with Crippen molar-refractivity contribution >= 4 is 45.6 Å². The molecule has 0 saturated heterocycles. The number of aryl methyl sites for hydroxylation is 2. The second kappa shape index (κ2) is 7.58. The monoisotopic (exact) mass is 373 g/mol. The number of anilines is 3. The molecule has 6 nitrogen and oxygen atoms in total. The van der Waals surface area contributed by atoms with Crippen LogP contribution in [-0.4, -0.2) is 20.9 Å². The van der Waals surface area contributed by atoms with Gasteiger partial charge in [-0.3, -0.25) is 4.79 Å². The van der Waals surface area contributed by atoms with Gasteiger partial charge in [0.25, 0.3) is 0 Å². The molecule has 0 aliphatic carbocycles. The van der Waals surface area contributed by atoms with Gasteiger partial charge in [-0.1, -0.05) is 17.7 Å². The zero-order valence-electron chi connectivity index (χ0n) is 13.7. The molecule has 0 aliphatic rings. The Labute approximate surface area is 154 Å². The molecule has 1 aromatic carbocycles. The molecule has 3 rings (SSSR count). The van der Waals surface area contributed by atoms with Crippen LogP contribution in [0.1, 0.15) is 17.1 Å². The molecule has 0 bridgehead atoms. The van der Waals surface area contributed by atoms with E-state index in [-0.39, 0.29) is 12.3 Å². The molecule has 25 heavy (non-hydrogen) atoms. The zero-order valence-corrected chi connectivity index (χ0v) is 15.3. The van der Waals surface area contributed by atoms with Crippen molar-refractivity contribution in [1.29, 1.82) is 0 Å². The number of nitrogens with zero attached hydrogens (tertiary/aromatic N) is 3. The van der Waals surface area contributed by atoms with Crippen LogP contribution in [0.5, 0.6) is 0 Å². The van der Waals surface area contributed by atoms with Crippen LogP contribution in [0.15, 0.2) is 35.7 Å². The maximum atomic E-state index is 12.1. The molecule has 0 saturated carbocycles. The number of carbonyl (C=O) groups excluding carboxylic acids is 1. The summed E-state index contributed by atoms with van der Waals surface area (Å²) in [6, 6.07) is 8.93. The minimum atomic E-state index is -0.151. The van der Waals surface area contributed by atoms with Crippen LogP contribution in [0, 0.1) is 13.8 Å². The van der Waals surface area contributed by atoms with Crippen molar-refractivity contribution in [1.82, 2.24) is 15.0 Å². The lowest BCUT2D eigenvalue weighted by Gasteiger charge is -2.04. The van der Waals surface area contributed by atoms with Gasteiger partial charge in [-0.2, -0.15) is 0 Å². The van der Waals surface area contributed by atoms with E-state index < -0.39 is 0 Å². The average molecular weight is 374 g/mol. The van der Waals surface area contributed by atoms with Gasteiger partial charge in [-0.05, 0) is 38.1 Å². The number of aromatic nitrogens is 3. The Morgan fingerprint density at radius 1 is 1.16 bits per heavy atom. The maximum absolute atomic E-state index is 12.1. The van der Waals surface area contributed by atoms with Crippen LogP contribution >= 0.6 is 22.9 Å². The average Bonchev–Trinajstić information content (AvgIpc) is 2.92. The normalized spacial score (nSPS) is 10.5. The number of rotatable bonds is 5. The summed E-state index contributed by atoms with van der Waals surface area (Å²) in [5.41, 5.74) is 3.10. The number of hydrogen-bond donors (Lipinski definition) is 2. The molecule has 8 heteroatoms. The van der Waals surface area contributed by atoms with Crippen molar-refractivity contribution < 1.29 is 4.79 Å². The summed E-state index contributed by atoms with van der Waals surface area (Å²) in [7, 11) is 0. The topological polar surface area (TPSA) is 79.8 Å². The maximum Gasteiger partial charge on any atom is 0.230 e. The van der Waals surface area contributed by atoms with Crippen molar-refractivity contribution in [3.05, 3.63) is 57.8 Å². The SMILES string of the molecule is Cc1cc(C)nc(Nc2nc(CC(=O)Nc3cccc(Cl)c3)cs2)n1. The van der Waals surface area contributed by atoms with E-state index in [0.29, 0.717) is 27.5 Å². The van der Waals surface area contributed by atoms with Gasteiger partial charge in [0.1, 0.15) is 0 Å². The molecular formula is C17H16ClN5OS. The van der Waals surface area contributed by atoms with Gasteiger partial charge < -0.3 is 10.6 Å². The lowest BCUT2D eigenvalue weighted by atomic mass is 10.3. The first-order chi connectivity index (χ1) is 12.0. The molecule has 0 spiro atoms. The van der Waals surface area contributed by atoms with E-state index in [1.54, 1.807) is 24.3 Å². The molecule has 0 atom stereocenters. The standard InChI is InChI=1S/C17H16ClN5OS/c1-10-6-11(2)20-16(19-10)23-17-22-14(9-25-17)8-15(24)21-13-5-3-4-12(18)7-13/h3-7,9H,8H2,1-2H3,(H,21,24)(H,19,20,22,23). The lowest BCUT2D eigenvalue weighted by molar-refractivity contribution is -0.115. The fourth-order valence-corrected chi connectivity index (χ4v) is 3.15. The third-order valence-electron chi connectivity index (χ3n) is 3.20. The fourth-order valence-electron chi connectivity index (χ4n) is 2.26. The molecule has 0 radical (unpaired) electrons. The molecule has 0 fully saturated rings. The molecule has 2 aromatic heterocycles. The highest BCUT2D eigenvalue weighted by atomic mass is 35.5. The minimum absolute atomic E-state index is 0.151. The molecular weight excluding hydrogens is 358 g/mol. The van der Waals surface area contributed by atoms with E-state index >= 15 is 0 Å². The Morgan fingerprint density at radius 3 is 2.64 bits per heavy atom. The zero-order chi connectivity index (χ0) is 17.8. The van der Waals surface area contributed by atoms with E-state index in [4.69, 9.17) is 11.6 Å². The molecule has 3 aromatic rings. The first kappa shape index (κ1) is 17.3. The predicted octanol–water partition coefficient (Wildman–Crippen LogP) is 4.13. The number of carbonyl (C=O) groups is 1. The molecule has 128 valence electrons. The molecule has 2 N–H and O–H groups in total. The van der Waals surface area contributed by atoms with E-state index in [1.807, 2.05) is 25.3 Å². The summed E-state index contributed by atoms with van der Waals surface area (Å²) >= 11 is 7.31. The van der Waals surface area contributed by atoms with Gasteiger partial charge in [0.15, 0.2) is 5.13 Å². The van der Waals surface area contributed by atoms with E-state index in [9.17, 15) is 4.79 Å². The Morgan fingerprint density at radius 2 is 1.92 bits per heavy atom. The molecule has 1 amide bonds. The lowest BCUT2D eigenvalue weighted by Crippen LogP contribution is -2.14. The van der Waals surface area contributed by atoms with Crippen LogP contribution in [0.4, 0.5) is 16.8 Å². The van der Waals surface area contributed by atoms with Crippen molar-refractivity contribution in [2.45, 2.75) is 20.3 Å². The molecule has 0 unspecified atom stereocenters. The summed E-state index contributed by atoms with van der Waals surface area (Å²) in [6.07, 6.45) is 0.179. The highest BCUT2D eigenvalue weighted by molar-refractivity contribution is 7.13. The first-order valence-corrected chi connectivity index (χ1v) is 8.83. The van der Waals surface area contributed by atoms with E-state index in [2.05, 4.69) is 25.6 Å². The van der Waals surface area contributed by atoms with Crippen LogP contribution < -0.4 is 10.6 Å². The van der Waals surface area contributed by atoms with Crippen LogP contribution in [-0.2, 0) is 11.2 Å². The van der Waals surface area contributed by atoms with Gasteiger partial charge in [-0.25, -0.2) is 15.0 Å². The summed E-state index contributed by atoms with van der Waals surface area (Å²) in [5.74, 6) is 0.351. The van der Waals surface area contributed by atoms with Crippen molar-refractivity contribution in [2.75, 3.05) is 10.6 Å². The number of amides is 1.